The molecule has 0 aliphatic carbocycles. The van der Waals surface area contributed by atoms with E-state index in [0.29, 0.717) is 0 Å². The van der Waals surface area contributed by atoms with Crippen molar-refractivity contribution in [2.75, 3.05) is 0 Å². The van der Waals surface area contributed by atoms with Gasteiger partial charge in [-0.1, -0.05) is 39.0 Å². The fourth-order valence-corrected chi connectivity index (χ4v) is 1.45. The van der Waals surface area contributed by atoms with Gasteiger partial charge < -0.3 is 4.29 Å². The molecule has 1 nitrogen and oxygen atoms in total. The normalized spacial score (nSPS) is 11.4. The molecule has 0 amide bonds. The summed E-state index contributed by atoms with van der Waals surface area (Å²) in [5.74, 6) is 0.763. The lowest BCUT2D eigenvalue weighted by atomic mass is 9.88. The first-order chi connectivity index (χ1) is 6.03. The van der Waals surface area contributed by atoms with E-state index in [0.717, 1.165) is 17.7 Å². The van der Waals surface area contributed by atoms with Crippen molar-refractivity contribution in [3.05, 3.63) is 29.8 Å². The van der Waals surface area contributed by atoms with Crippen LogP contribution in [0, 0.1) is 5.41 Å². The molecule has 0 fully saturated rings. The Balaban J connectivity index is 2.87. The number of halogens is 1. The van der Waals surface area contributed by atoms with Crippen molar-refractivity contribution in [2.24, 2.45) is 5.41 Å². The smallest absolute Gasteiger partial charge is 0.149 e. The molecular formula is C11H15ClO. The molecule has 0 aliphatic heterocycles. The van der Waals surface area contributed by atoms with Crippen LogP contribution in [0.1, 0.15) is 26.3 Å². The Kier molecular flexibility index (Phi) is 3.21. The minimum Gasteiger partial charge on any atom is -0.385 e. The number of hydrogen-bond acceptors (Lipinski definition) is 1. The van der Waals surface area contributed by atoms with Crippen LogP contribution in [0.4, 0.5) is 0 Å². The third-order valence-electron chi connectivity index (χ3n) is 1.78. The first kappa shape index (κ1) is 10.4. The lowest BCUT2D eigenvalue weighted by Crippen LogP contribution is -2.09. The topological polar surface area (TPSA) is 9.23 Å². The van der Waals surface area contributed by atoms with Gasteiger partial charge >= 0.3 is 0 Å². The largest absolute Gasteiger partial charge is 0.385 e. The third-order valence-corrected chi connectivity index (χ3v) is 1.94. The van der Waals surface area contributed by atoms with Crippen LogP contribution in [0.3, 0.4) is 0 Å². The van der Waals surface area contributed by atoms with Crippen molar-refractivity contribution in [2.45, 2.75) is 27.2 Å². The molecule has 2 heteroatoms. The second-order valence-electron chi connectivity index (χ2n) is 4.42. The highest BCUT2D eigenvalue weighted by Gasteiger charge is 2.14. The fraction of sp³-hybridized carbons (Fsp3) is 0.455. The van der Waals surface area contributed by atoms with Crippen LogP contribution in [-0.2, 0) is 6.42 Å². The van der Waals surface area contributed by atoms with Gasteiger partial charge in [0.1, 0.15) is 17.6 Å². The van der Waals surface area contributed by atoms with Gasteiger partial charge in [-0.25, -0.2) is 0 Å². The van der Waals surface area contributed by atoms with Crippen molar-refractivity contribution in [1.82, 2.24) is 0 Å². The first-order valence-electron chi connectivity index (χ1n) is 4.39. The zero-order chi connectivity index (χ0) is 9.90. The summed E-state index contributed by atoms with van der Waals surface area (Å²) in [7, 11) is 0. The zero-order valence-corrected chi connectivity index (χ0v) is 9.06. The minimum absolute atomic E-state index is 0.255. The van der Waals surface area contributed by atoms with Crippen molar-refractivity contribution in [1.29, 1.82) is 0 Å². The highest BCUT2D eigenvalue weighted by atomic mass is 35.5. The van der Waals surface area contributed by atoms with Crippen molar-refractivity contribution in [3.8, 4) is 5.75 Å². The van der Waals surface area contributed by atoms with E-state index in [1.165, 1.54) is 0 Å². The van der Waals surface area contributed by atoms with Crippen LogP contribution < -0.4 is 4.29 Å². The van der Waals surface area contributed by atoms with Crippen LogP contribution in [0.2, 0.25) is 0 Å². The summed E-state index contributed by atoms with van der Waals surface area (Å²) in [6, 6.07) is 7.85. The van der Waals surface area contributed by atoms with Crippen molar-refractivity contribution >= 4 is 11.9 Å². The predicted molar refractivity (Wildman–Crippen MR) is 56.1 cm³/mol. The number of rotatable bonds is 2. The van der Waals surface area contributed by atoms with E-state index in [2.05, 4.69) is 20.8 Å². The summed E-state index contributed by atoms with van der Waals surface area (Å²) >= 11 is 5.36. The van der Waals surface area contributed by atoms with E-state index in [9.17, 15) is 0 Å². The van der Waals surface area contributed by atoms with Crippen LogP contribution in [0.15, 0.2) is 24.3 Å². The molecule has 0 unspecified atom stereocenters. The zero-order valence-electron chi connectivity index (χ0n) is 8.30. The van der Waals surface area contributed by atoms with Gasteiger partial charge in [-0.05, 0) is 23.5 Å². The lowest BCUT2D eigenvalue weighted by molar-refractivity contribution is 0.406. The predicted octanol–water partition coefficient (Wildman–Crippen LogP) is 3.81. The molecule has 1 aromatic rings. The summed E-state index contributed by atoms with van der Waals surface area (Å²) < 4.78 is 4.76. The summed E-state index contributed by atoms with van der Waals surface area (Å²) in [4.78, 5) is 0. The van der Waals surface area contributed by atoms with E-state index >= 15 is 0 Å². The molecular weight excluding hydrogens is 184 g/mol. The summed E-state index contributed by atoms with van der Waals surface area (Å²) in [5.41, 5.74) is 1.41. The number of para-hydroxylation sites is 1. The third kappa shape index (κ3) is 3.27. The SMILES string of the molecule is CC(C)(C)Cc1ccccc1OCl. The number of benzene rings is 1. The summed E-state index contributed by atoms with van der Waals surface area (Å²) in [5, 5.41) is 0. The average molecular weight is 199 g/mol. The molecule has 0 aliphatic rings. The van der Waals surface area contributed by atoms with Gasteiger partial charge in [-0.15, -0.1) is 0 Å². The van der Waals surface area contributed by atoms with Gasteiger partial charge in [0.15, 0.2) is 0 Å². The molecule has 0 saturated heterocycles. The quantitative estimate of drug-likeness (QED) is 0.702. The van der Waals surface area contributed by atoms with E-state index in [1.807, 2.05) is 24.3 Å². The standard InChI is InChI=1S/C11H15ClO/c1-11(2,3)8-9-6-4-5-7-10(9)13-12/h4-7H,8H2,1-3H3. The van der Waals surface area contributed by atoms with Gasteiger partial charge in [0.2, 0.25) is 0 Å². The molecule has 0 bridgehead atoms. The van der Waals surface area contributed by atoms with E-state index in [4.69, 9.17) is 16.2 Å². The number of hydrogen-bond donors (Lipinski definition) is 0. The summed E-state index contributed by atoms with van der Waals surface area (Å²) in [6.07, 6.45) is 0.968. The van der Waals surface area contributed by atoms with Crippen LogP contribution in [0.25, 0.3) is 0 Å². The molecule has 0 saturated carbocycles. The van der Waals surface area contributed by atoms with Crippen LogP contribution in [0.5, 0.6) is 5.75 Å². The Morgan fingerprint density at radius 2 is 1.85 bits per heavy atom. The van der Waals surface area contributed by atoms with Crippen molar-refractivity contribution < 1.29 is 4.29 Å². The highest BCUT2D eigenvalue weighted by Crippen LogP contribution is 2.27. The molecule has 0 heterocycles. The molecule has 0 aromatic heterocycles. The van der Waals surface area contributed by atoms with Gasteiger partial charge in [0, 0.05) is 0 Å². The van der Waals surface area contributed by atoms with Crippen LogP contribution in [-0.4, -0.2) is 0 Å². The minimum atomic E-state index is 0.255. The maximum Gasteiger partial charge on any atom is 0.149 e. The maximum absolute atomic E-state index is 5.36. The van der Waals surface area contributed by atoms with E-state index in [-0.39, 0.29) is 5.41 Å². The average Bonchev–Trinajstić information content (AvgIpc) is 2.02. The van der Waals surface area contributed by atoms with E-state index < -0.39 is 0 Å². The molecule has 1 aromatic carbocycles. The van der Waals surface area contributed by atoms with E-state index in [1.54, 1.807) is 0 Å². The van der Waals surface area contributed by atoms with Gasteiger partial charge in [-0.2, -0.15) is 0 Å². The molecule has 0 spiro atoms. The monoisotopic (exact) mass is 198 g/mol. The maximum atomic E-state index is 5.36. The first-order valence-corrected chi connectivity index (χ1v) is 4.70. The second kappa shape index (κ2) is 4.01. The van der Waals surface area contributed by atoms with Gasteiger partial charge in [0.25, 0.3) is 0 Å². The van der Waals surface area contributed by atoms with Gasteiger partial charge in [0.05, 0.1) is 0 Å². The Labute approximate surface area is 84.8 Å². The Hall–Kier alpha value is -0.690. The molecule has 0 radical (unpaired) electrons. The second-order valence-corrected chi connectivity index (χ2v) is 4.58. The van der Waals surface area contributed by atoms with Crippen molar-refractivity contribution in [3.63, 3.8) is 0 Å². The fourth-order valence-electron chi connectivity index (χ4n) is 1.30. The molecule has 1 rings (SSSR count). The Morgan fingerprint density at radius 1 is 1.23 bits per heavy atom. The molecule has 13 heavy (non-hydrogen) atoms. The highest BCUT2D eigenvalue weighted by molar-refractivity contribution is 6.09. The van der Waals surface area contributed by atoms with Crippen LogP contribution >= 0.6 is 11.9 Å². The lowest BCUT2D eigenvalue weighted by Gasteiger charge is -2.18. The molecule has 0 atom stereocenters. The van der Waals surface area contributed by atoms with Gasteiger partial charge in [-0.3, -0.25) is 0 Å². The Bertz CT molecular complexity index is 276. The molecule has 0 N–H and O–H groups in total. The Morgan fingerprint density at radius 3 is 2.38 bits per heavy atom. The summed E-state index contributed by atoms with van der Waals surface area (Å²) in [6.45, 7) is 6.58. The molecule has 72 valence electrons.